The maximum Gasteiger partial charge on any atom is 0.248 e. The Bertz CT molecular complexity index is 726. The van der Waals surface area contributed by atoms with Crippen molar-refractivity contribution in [2.24, 2.45) is 0 Å². The van der Waals surface area contributed by atoms with Crippen molar-refractivity contribution >= 4 is 15.9 Å². The van der Waals surface area contributed by atoms with Crippen LogP contribution in [0.3, 0.4) is 0 Å². The molecule has 0 saturated heterocycles. The summed E-state index contributed by atoms with van der Waals surface area (Å²) in [5.41, 5.74) is 1.74. The van der Waals surface area contributed by atoms with E-state index in [1.54, 1.807) is 7.11 Å². The Morgan fingerprint density at radius 3 is 2.30 bits per heavy atom. The van der Waals surface area contributed by atoms with Gasteiger partial charge in [0, 0.05) is 11.1 Å². The minimum Gasteiger partial charge on any atom is -0.496 e. The summed E-state index contributed by atoms with van der Waals surface area (Å²) in [5, 5.41) is 8.15. The van der Waals surface area contributed by atoms with Gasteiger partial charge in [-0.05, 0) is 46.3 Å². The van der Waals surface area contributed by atoms with Gasteiger partial charge in [-0.2, -0.15) is 0 Å². The molecular weight excluding hydrogens is 320 g/mol. The molecule has 0 atom stereocenters. The van der Waals surface area contributed by atoms with Crippen molar-refractivity contribution in [3.8, 4) is 28.7 Å². The van der Waals surface area contributed by atoms with Gasteiger partial charge < -0.3 is 9.15 Å². The quantitative estimate of drug-likeness (QED) is 0.723. The Balaban J connectivity index is 1.96. The van der Waals surface area contributed by atoms with Crippen LogP contribution in [0.2, 0.25) is 0 Å². The Kier molecular flexibility index (Phi) is 3.52. The van der Waals surface area contributed by atoms with Crippen LogP contribution in [0.15, 0.2) is 57.4 Å². The third kappa shape index (κ3) is 2.44. The average molecular weight is 331 g/mol. The summed E-state index contributed by atoms with van der Waals surface area (Å²) in [5.74, 6) is 1.75. The third-order valence-electron chi connectivity index (χ3n) is 2.84. The molecule has 100 valence electrons. The van der Waals surface area contributed by atoms with Crippen LogP contribution in [0.1, 0.15) is 0 Å². The first-order valence-electron chi connectivity index (χ1n) is 6.01. The maximum absolute atomic E-state index is 5.70. The topological polar surface area (TPSA) is 48.2 Å². The van der Waals surface area contributed by atoms with E-state index in [9.17, 15) is 0 Å². The van der Waals surface area contributed by atoms with Crippen LogP contribution in [-0.2, 0) is 0 Å². The molecule has 0 unspecified atom stereocenters. The fraction of sp³-hybridized carbons (Fsp3) is 0.0667. The van der Waals surface area contributed by atoms with Gasteiger partial charge in [-0.15, -0.1) is 10.2 Å². The lowest BCUT2D eigenvalue weighted by molar-refractivity contribution is 0.412. The van der Waals surface area contributed by atoms with Gasteiger partial charge in [0.15, 0.2) is 0 Å². The molecule has 1 heterocycles. The van der Waals surface area contributed by atoms with Crippen LogP contribution >= 0.6 is 15.9 Å². The Hall–Kier alpha value is -2.14. The second-order valence-corrected chi connectivity index (χ2v) is 4.98. The number of ether oxygens (including phenoxy) is 1. The second kappa shape index (κ2) is 5.46. The van der Waals surface area contributed by atoms with Crippen LogP contribution in [0.5, 0.6) is 5.75 Å². The molecule has 0 aliphatic heterocycles. The van der Waals surface area contributed by atoms with Gasteiger partial charge in [0.05, 0.1) is 11.6 Å². The smallest absolute Gasteiger partial charge is 0.248 e. The van der Waals surface area contributed by atoms with Crippen molar-refractivity contribution < 1.29 is 9.15 Å². The molecule has 20 heavy (non-hydrogen) atoms. The summed E-state index contributed by atoms with van der Waals surface area (Å²) >= 11 is 3.44. The van der Waals surface area contributed by atoms with E-state index in [-0.39, 0.29) is 0 Å². The number of halogens is 1. The van der Waals surface area contributed by atoms with Gasteiger partial charge in [-0.1, -0.05) is 18.2 Å². The number of benzene rings is 2. The molecule has 3 rings (SSSR count). The van der Waals surface area contributed by atoms with Crippen molar-refractivity contribution in [3.05, 3.63) is 53.0 Å². The van der Waals surface area contributed by atoms with Crippen molar-refractivity contribution in [2.45, 2.75) is 0 Å². The summed E-state index contributed by atoms with van der Waals surface area (Å²) in [4.78, 5) is 0. The minimum absolute atomic E-state index is 0.479. The van der Waals surface area contributed by atoms with Gasteiger partial charge in [-0.25, -0.2) is 0 Å². The third-order valence-corrected chi connectivity index (χ3v) is 3.46. The van der Waals surface area contributed by atoms with Crippen LogP contribution in [0, 0.1) is 0 Å². The lowest BCUT2D eigenvalue weighted by Gasteiger charge is -2.03. The maximum atomic E-state index is 5.70. The predicted octanol–water partition coefficient (Wildman–Crippen LogP) is 4.17. The van der Waals surface area contributed by atoms with Crippen LogP contribution in [0.25, 0.3) is 22.9 Å². The molecular formula is C15H11BrN2O2. The van der Waals surface area contributed by atoms with E-state index in [4.69, 9.17) is 9.15 Å². The fourth-order valence-corrected chi connectivity index (χ4v) is 2.38. The monoisotopic (exact) mass is 330 g/mol. The lowest BCUT2D eigenvalue weighted by Crippen LogP contribution is -1.85. The lowest BCUT2D eigenvalue weighted by atomic mass is 10.2. The second-order valence-electron chi connectivity index (χ2n) is 4.13. The van der Waals surface area contributed by atoms with Gasteiger partial charge in [0.1, 0.15) is 5.75 Å². The van der Waals surface area contributed by atoms with Crippen molar-refractivity contribution in [1.82, 2.24) is 10.2 Å². The number of aromatic nitrogens is 2. The highest BCUT2D eigenvalue weighted by atomic mass is 79.9. The van der Waals surface area contributed by atoms with Crippen molar-refractivity contribution in [2.75, 3.05) is 7.11 Å². The molecule has 1 aromatic heterocycles. The molecule has 0 N–H and O–H groups in total. The number of hydrogen-bond acceptors (Lipinski definition) is 4. The van der Waals surface area contributed by atoms with E-state index in [0.717, 1.165) is 21.3 Å². The van der Waals surface area contributed by atoms with Gasteiger partial charge in [0.25, 0.3) is 0 Å². The number of hydrogen-bond donors (Lipinski definition) is 0. The molecule has 0 fully saturated rings. The minimum atomic E-state index is 0.479. The fourth-order valence-electron chi connectivity index (χ4n) is 1.84. The molecule has 3 aromatic rings. The molecule has 5 heteroatoms. The summed E-state index contributed by atoms with van der Waals surface area (Å²) in [7, 11) is 1.62. The van der Waals surface area contributed by atoms with Crippen molar-refractivity contribution in [1.29, 1.82) is 0 Å². The first-order valence-corrected chi connectivity index (χ1v) is 6.80. The normalized spacial score (nSPS) is 10.5. The molecule has 2 aromatic carbocycles. The summed E-state index contributed by atoms with van der Waals surface area (Å²) in [6.45, 7) is 0. The Morgan fingerprint density at radius 1 is 0.950 bits per heavy atom. The first-order chi connectivity index (χ1) is 9.78. The zero-order valence-electron chi connectivity index (χ0n) is 10.7. The summed E-state index contributed by atoms with van der Waals surface area (Å²) in [6.07, 6.45) is 0. The van der Waals surface area contributed by atoms with Crippen LogP contribution < -0.4 is 4.74 Å². The largest absolute Gasteiger partial charge is 0.496 e. The van der Waals surface area contributed by atoms with E-state index in [0.29, 0.717) is 11.8 Å². The number of nitrogens with zero attached hydrogens (tertiary/aromatic N) is 2. The SMILES string of the molecule is COc1ccc(-c2nnc(-c3ccccc3)o2)cc1Br. The molecule has 0 amide bonds. The first kappa shape index (κ1) is 12.9. The van der Waals surface area contributed by atoms with Gasteiger partial charge in [-0.3, -0.25) is 0 Å². The zero-order chi connectivity index (χ0) is 13.9. The average Bonchev–Trinajstić information content (AvgIpc) is 2.98. The molecule has 0 aliphatic rings. The Morgan fingerprint density at radius 2 is 1.65 bits per heavy atom. The standard InChI is InChI=1S/C15H11BrN2O2/c1-19-13-8-7-11(9-12(13)16)15-18-17-14(20-15)10-5-3-2-4-6-10/h2-9H,1H3. The van der Waals surface area contributed by atoms with Gasteiger partial charge >= 0.3 is 0 Å². The highest BCUT2D eigenvalue weighted by Gasteiger charge is 2.11. The van der Waals surface area contributed by atoms with Crippen LogP contribution in [-0.4, -0.2) is 17.3 Å². The van der Waals surface area contributed by atoms with E-state index in [2.05, 4.69) is 26.1 Å². The van der Waals surface area contributed by atoms with E-state index in [1.807, 2.05) is 48.5 Å². The van der Waals surface area contributed by atoms with E-state index < -0.39 is 0 Å². The molecule has 0 aliphatic carbocycles. The highest BCUT2D eigenvalue weighted by molar-refractivity contribution is 9.10. The summed E-state index contributed by atoms with van der Waals surface area (Å²) in [6, 6.07) is 15.3. The molecule has 0 bridgehead atoms. The molecule has 0 radical (unpaired) electrons. The molecule has 0 saturated carbocycles. The number of rotatable bonds is 3. The van der Waals surface area contributed by atoms with Crippen LogP contribution in [0.4, 0.5) is 0 Å². The molecule has 4 nitrogen and oxygen atoms in total. The predicted molar refractivity (Wildman–Crippen MR) is 79.4 cm³/mol. The van der Waals surface area contributed by atoms with Crippen molar-refractivity contribution in [3.63, 3.8) is 0 Å². The Labute approximate surface area is 124 Å². The summed E-state index contributed by atoms with van der Waals surface area (Å²) < 4.78 is 11.7. The van der Waals surface area contributed by atoms with Gasteiger partial charge in [0.2, 0.25) is 11.8 Å². The highest BCUT2D eigenvalue weighted by Crippen LogP contribution is 2.31. The molecule has 0 spiro atoms. The number of methoxy groups -OCH3 is 1. The van der Waals surface area contributed by atoms with E-state index >= 15 is 0 Å². The van der Waals surface area contributed by atoms with E-state index in [1.165, 1.54) is 0 Å². The zero-order valence-corrected chi connectivity index (χ0v) is 12.3.